The lowest BCUT2D eigenvalue weighted by atomic mass is 10.2. The van der Waals surface area contributed by atoms with Gasteiger partial charge in [-0.25, -0.2) is 4.39 Å². The van der Waals surface area contributed by atoms with Crippen molar-refractivity contribution in [3.8, 4) is 0 Å². The van der Waals surface area contributed by atoms with E-state index in [0.717, 1.165) is 9.37 Å². The molecule has 0 radical (unpaired) electrons. The first kappa shape index (κ1) is 14.6. The Morgan fingerprint density at radius 1 is 1.14 bits per heavy atom. The van der Waals surface area contributed by atoms with Crippen LogP contribution in [0.1, 0.15) is 11.9 Å². The molecule has 3 rings (SSSR count). The van der Waals surface area contributed by atoms with Gasteiger partial charge in [-0.05, 0) is 48.5 Å². The summed E-state index contributed by atoms with van der Waals surface area (Å²) in [7, 11) is 0. The standard InChI is InChI=1S/C16H12BrFO2S/c17-11-1-4-13(5-2-11)21-9-14(19)16-8-10-7-12(18)3-6-15(10)20-16/h1-8,14,19H,9H2. The molecule has 0 spiro atoms. The number of benzene rings is 2. The van der Waals surface area contributed by atoms with E-state index in [9.17, 15) is 9.50 Å². The SMILES string of the molecule is OC(CSc1ccc(Br)cc1)c1cc2cc(F)ccc2o1. The first-order chi connectivity index (χ1) is 10.1. The second-order valence-corrected chi connectivity index (χ2v) is 6.62. The summed E-state index contributed by atoms with van der Waals surface area (Å²) in [5, 5.41) is 10.9. The van der Waals surface area contributed by atoms with Crippen LogP contribution in [0, 0.1) is 5.82 Å². The molecule has 0 fully saturated rings. The average molecular weight is 367 g/mol. The number of thioether (sulfide) groups is 1. The third kappa shape index (κ3) is 3.48. The van der Waals surface area contributed by atoms with Gasteiger partial charge in [-0.3, -0.25) is 0 Å². The van der Waals surface area contributed by atoms with Gasteiger partial charge < -0.3 is 9.52 Å². The highest BCUT2D eigenvalue weighted by Crippen LogP contribution is 2.29. The Bertz CT molecular complexity index is 755. The van der Waals surface area contributed by atoms with Crippen LogP contribution in [-0.2, 0) is 0 Å². The Morgan fingerprint density at radius 2 is 1.90 bits per heavy atom. The van der Waals surface area contributed by atoms with Gasteiger partial charge in [0, 0.05) is 20.5 Å². The molecule has 0 aliphatic carbocycles. The minimum Gasteiger partial charge on any atom is -0.458 e. The molecule has 5 heteroatoms. The van der Waals surface area contributed by atoms with Crippen LogP contribution in [0.2, 0.25) is 0 Å². The van der Waals surface area contributed by atoms with Crippen molar-refractivity contribution in [1.29, 1.82) is 0 Å². The summed E-state index contributed by atoms with van der Waals surface area (Å²) in [6.45, 7) is 0. The van der Waals surface area contributed by atoms with E-state index >= 15 is 0 Å². The van der Waals surface area contributed by atoms with Crippen LogP contribution in [0.3, 0.4) is 0 Å². The van der Waals surface area contributed by atoms with Crippen molar-refractivity contribution in [2.75, 3.05) is 5.75 Å². The van der Waals surface area contributed by atoms with Gasteiger partial charge in [0.2, 0.25) is 0 Å². The number of halogens is 2. The van der Waals surface area contributed by atoms with E-state index < -0.39 is 6.10 Å². The fourth-order valence-corrected chi connectivity index (χ4v) is 3.09. The first-order valence-corrected chi connectivity index (χ1v) is 8.15. The maximum Gasteiger partial charge on any atom is 0.134 e. The summed E-state index contributed by atoms with van der Waals surface area (Å²) in [4.78, 5) is 1.07. The second-order valence-electron chi connectivity index (χ2n) is 4.61. The molecule has 108 valence electrons. The monoisotopic (exact) mass is 366 g/mol. The predicted molar refractivity (Wildman–Crippen MR) is 86.0 cm³/mol. The zero-order chi connectivity index (χ0) is 14.8. The largest absolute Gasteiger partial charge is 0.458 e. The molecule has 1 N–H and O–H groups in total. The van der Waals surface area contributed by atoms with Crippen molar-refractivity contribution in [1.82, 2.24) is 0 Å². The Hall–Kier alpha value is -1.30. The highest BCUT2D eigenvalue weighted by Gasteiger charge is 2.14. The van der Waals surface area contributed by atoms with E-state index in [2.05, 4.69) is 15.9 Å². The number of fused-ring (bicyclic) bond motifs is 1. The molecule has 21 heavy (non-hydrogen) atoms. The summed E-state index contributed by atoms with van der Waals surface area (Å²) < 4.78 is 19.7. The predicted octanol–water partition coefficient (Wildman–Crippen LogP) is 5.16. The van der Waals surface area contributed by atoms with Crippen LogP contribution < -0.4 is 0 Å². The molecule has 0 saturated heterocycles. The lowest BCUT2D eigenvalue weighted by molar-refractivity contribution is 0.177. The molecule has 0 saturated carbocycles. The third-order valence-electron chi connectivity index (χ3n) is 3.05. The average Bonchev–Trinajstić information content (AvgIpc) is 2.89. The van der Waals surface area contributed by atoms with Gasteiger partial charge in [-0.1, -0.05) is 15.9 Å². The van der Waals surface area contributed by atoms with Gasteiger partial charge in [0.1, 0.15) is 23.3 Å². The smallest absolute Gasteiger partial charge is 0.134 e. The molecule has 1 aromatic heterocycles. The molecule has 0 aliphatic rings. The summed E-state index contributed by atoms with van der Waals surface area (Å²) in [6, 6.07) is 13.9. The molecule has 1 heterocycles. The zero-order valence-corrected chi connectivity index (χ0v) is 13.3. The molecule has 0 amide bonds. The van der Waals surface area contributed by atoms with E-state index in [1.807, 2.05) is 24.3 Å². The van der Waals surface area contributed by atoms with E-state index in [1.54, 1.807) is 23.9 Å². The van der Waals surface area contributed by atoms with Crippen LogP contribution in [-0.4, -0.2) is 10.9 Å². The Balaban J connectivity index is 1.71. The van der Waals surface area contributed by atoms with Crippen LogP contribution >= 0.6 is 27.7 Å². The molecule has 2 nitrogen and oxygen atoms in total. The van der Waals surface area contributed by atoms with Gasteiger partial charge in [0.15, 0.2) is 0 Å². The fourth-order valence-electron chi connectivity index (χ4n) is 1.99. The maximum atomic E-state index is 13.1. The Morgan fingerprint density at radius 3 is 2.67 bits per heavy atom. The molecule has 1 atom stereocenters. The van der Waals surface area contributed by atoms with Crippen molar-refractivity contribution in [2.24, 2.45) is 0 Å². The van der Waals surface area contributed by atoms with E-state index in [1.165, 1.54) is 12.1 Å². The quantitative estimate of drug-likeness (QED) is 0.647. The second kappa shape index (κ2) is 6.22. The van der Waals surface area contributed by atoms with Gasteiger partial charge >= 0.3 is 0 Å². The van der Waals surface area contributed by atoms with E-state index in [-0.39, 0.29) is 5.82 Å². The van der Waals surface area contributed by atoms with Crippen molar-refractivity contribution in [2.45, 2.75) is 11.0 Å². The number of rotatable bonds is 4. The zero-order valence-electron chi connectivity index (χ0n) is 10.9. The molecule has 2 aromatic carbocycles. The lowest BCUT2D eigenvalue weighted by Gasteiger charge is -2.07. The Kier molecular flexibility index (Phi) is 4.33. The molecule has 0 bridgehead atoms. The summed E-state index contributed by atoms with van der Waals surface area (Å²) >= 11 is 4.92. The number of aliphatic hydroxyl groups excluding tert-OH is 1. The van der Waals surface area contributed by atoms with Gasteiger partial charge in [0.25, 0.3) is 0 Å². The normalized spacial score (nSPS) is 12.7. The number of hydrogen-bond donors (Lipinski definition) is 1. The van der Waals surface area contributed by atoms with Gasteiger partial charge in [0.05, 0.1) is 0 Å². The van der Waals surface area contributed by atoms with Crippen LogP contribution in [0.25, 0.3) is 11.0 Å². The van der Waals surface area contributed by atoms with E-state index in [4.69, 9.17) is 4.42 Å². The molecule has 3 aromatic rings. The van der Waals surface area contributed by atoms with Gasteiger partial charge in [-0.15, -0.1) is 11.8 Å². The van der Waals surface area contributed by atoms with E-state index in [0.29, 0.717) is 22.5 Å². The molecular weight excluding hydrogens is 355 g/mol. The topological polar surface area (TPSA) is 33.4 Å². The number of furan rings is 1. The summed E-state index contributed by atoms with van der Waals surface area (Å²) in [6.07, 6.45) is -0.728. The third-order valence-corrected chi connectivity index (χ3v) is 4.66. The van der Waals surface area contributed by atoms with Crippen LogP contribution in [0.15, 0.2) is 62.3 Å². The molecule has 1 unspecified atom stereocenters. The van der Waals surface area contributed by atoms with Crippen molar-refractivity contribution in [3.05, 3.63) is 64.6 Å². The number of aliphatic hydroxyl groups is 1. The summed E-state index contributed by atoms with van der Waals surface area (Å²) in [5.41, 5.74) is 0.582. The maximum absolute atomic E-state index is 13.1. The minimum absolute atomic E-state index is 0.312. The summed E-state index contributed by atoms with van der Waals surface area (Å²) in [5.74, 6) is 0.623. The fraction of sp³-hybridized carbons (Fsp3) is 0.125. The highest BCUT2D eigenvalue weighted by atomic mass is 79.9. The van der Waals surface area contributed by atoms with Crippen molar-refractivity contribution in [3.63, 3.8) is 0 Å². The van der Waals surface area contributed by atoms with Crippen LogP contribution in [0.5, 0.6) is 0 Å². The lowest BCUT2D eigenvalue weighted by Crippen LogP contribution is -1.98. The minimum atomic E-state index is -0.728. The van der Waals surface area contributed by atoms with Crippen molar-refractivity contribution < 1.29 is 13.9 Å². The number of hydrogen-bond acceptors (Lipinski definition) is 3. The molecule has 0 aliphatic heterocycles. The first-order valence-electron chi connectivity index (χ1n) is 6.37. The van der Waals surface area contributed by atoms with Crippen molar-refractivity contribution >= 4 is 38.7 Å². The Labute approximate surface area is 134 Å². The highest BCUT2D eigenvalue weighted by molar-refractivity contribution is 9.10. The van der Waals surface area contributed by atoms with Crippen LogP contribution in [0.4, 0.5) is 4.39 Å². The van der Waals surface area contributed by atoms with Gasteiger partial charge in [-0.2, -0.15) is 0 Å². The molecular formula is C16H12BrFO2S.